The van der Waals surface area contributed by atoms with Crippen molar-refractivity contribution in [1.29, 1.82) is 0 Å². The SMILES string of the molecule is CC(OCCC(=O)N1CCc2c(n(Cc3cccc(F)c3)c3ncccc23)C1)C(=O)O. The molecule has 1 aliphatic rings. The minimum absolute atomic E-state index is 0.0590. The number of nitrogens with zero attached hydrogens (tertiary/aromatic N) is 3. The molecule has 3 heterocycles. The molecule has 8 heteroatoms. The fourth-order valence-electron chi connectivity index (χ4n) is 4.01. The lowest BCUT2D eigenvalue weighted by Crippen LogP contribution is -2.37. The topological polar surface area (TPSA) is 84.7 Å². The molecule has 0 bridgehead atoms. The normalized spacial score (nSPS) is 14.5. The predicted molar refractivity (Wildman–Crippen MR) is 112 cm³/mol. The number of carboxylic acids is 1. The third-order valence-electron chi connectivity index (χ3n) is 5.63. The van der Waals surface area contributed by atoms with Crippen LogP contribution in [0, 0.1) is 5.82 Å². The second-order valence-corrected chi connectivity index (χ2v) is 7.68. The molecular weight excluding hydrogens is 401 g/mol. The molecule has 0 fully saturated rings. The summed E-state index contributed by atoms with van der Waals surface area (Å²) in [5.41, 5.74) is 3.81. The molecule has 1 aliphatic heterocycles. The number of carbonyl (C=O) groups is 2. The Labute approximate surface area is 179 Å². The second kappa shape index (κ2) is 8.85. The maximum atomic E-state index is 13.7. The van der Waals surface area contributed by atoms with E-state index in [1.54, 1.807) is 17.2 Å². The monoisotopic (exact) mass is 425 g/mol. The highest BCUT2D eigenvalue weighted by atomic mass is 19.1. The largest absolute Gasteiger partial charge is 0.479 e. The molecule has 1 unspecified atom stereocenters. The summed E-state index contributed by atoms with van der Waals surface area (Å²) in [5, 5.41) is 9.95. The molecule has 1 aromatic carbocycles. The third kappa shape index (κ3) is 4.44. The molecule has 2 aromatic heterocycles. The van der Waals surface area contributed by atoms with Gasteiger partial charge in [0.2, 0.25) is 5.91 Å². The molecule has 1 amide bonds. The van der Waals surface area contributed by atoms with Gasteiger partial charge in [-0.05, 0) is 48.7 Å². The van der Waals surface area contributed by atoms with Gasteiger partial charge >= 0.3 is 5.97 Å². The van der Waals surface area contributed by atoms with Crippen molar-refractivity contribution in [2.24, 2.45) is 0 Å². The Morgan fingerprint density at radius 3 is 2.90 bits per heavy atom. The zero-order valence-corrected chi connectivity index (χ0v) is 17.3. The first-order valence-electron chi connectivity index (χ1n) is 10.3. The van der Waals surface area contributed by atoms with Crippen molar-refractivity contribution >= 4 is 22.9 Å². The van der Waals surface area contributed by atoms with Gasteiger partial charge in [-0.2, -0.15) is 0 Å². The highest BCUT2D eigenvalue weighted by Gasteiger charge is 2.27. The van der Waals surface area contributed by atoms with E-state index in [1.165, 1.54) is 24.6 Å². The van der Waals surface area contributed by atoms with Gasteiger partial charge in [-0.15, -0.1) is 0 Å². The van der Waals surface area contributed by atoms with Crippen LogP contribution in [-0.2, 0) is 33.8 Å². The van der Waals surface area contributed by atoms with Crippen molar-refractivity contribution in [3.63, 3.8) is 0 Å². The lowest BCUT2D eigenvalue weighted by atomic mass is 10.0. The van der Waals surface area contributed by atoms with Gasteiger partial charge in [-0.25, -0.2) is 14.2 Å². The molecule has 1 atom stereocenters. The van der Waals surface area contributed by atoms with E-state index in [0.29, 0.717) is 26.1 Å². The number of amides is 1. The van der Waals surface area contributed by atoms with Gasteiger partial charge in [0, 0.05) is 30.4 Å². The highest BCUT2D eigenvalue weighted by molar-refractivity contribution is 5.84. The van der Waals surface area contributed by atoms with Crippen molar-refractivity contribution in [2.45, 2.75) is 39.0 Å². The molecule has 0 spiro atoms. The number of ether oxygens (including phenoxy) is 1. The van der Waals surface area contributed by atoms with Crippen molar-refractivity contribution in [3.8, 4) is 0 Å². The van der Waals surface area contributed by atoms with Crippen molar-refractivity contribution in [3.05, 3.63) is 65.2 Å². The first kappa shape index (κ1) is 21.0. The van der Waals surface area contributed by atoms with Crippen molar-refractivity contribution in [1.82, 2.24) is 14.5 Å². The van der Waals surface area contributed by atoms with Crippen LogP contribution in [0.2, 0.25) is 0 Å². The summed E-state index contributed by atoms with van der Waals surface area (Å²) < 4.78 is 21.0. The van der Waals surface area contributed by atoms with E-state index in [1.807, 2.05) is 18.2 Å². The molecule has 162 valence electrons. The molecule has 0 aliphatic carbocycles. The fraction of sp³-hybridized carbons (Fsp3) is 0.348. The number of pyridine rings is 1. The Morgan fingerprint density at radius 2 is 2.13 bits per heavy atom. The van der Waals surface area contributed by atoms with Crippen LogP contribution in [0.5, 0.6) is 0 Å². The zero-order valence-electron chi connectivity index (χ0n) is 17.3. The van der Waals surface area contributed by atoms with Crippen LogP contribution >= 0.6 is 0 Å². The second-order valence-electron chi connectivity index (χ2n) is 7.68. The van der Waals surface area contributed by atoms with Gasteiger partial charge in [0.05, 0.1) is 19.6 Å². The first-order chi connectivity index (χ1) is 14.9. The molecule has 31 heavy (non-hydrogen) atoms. The average Bonchev–Trinajstić information content (AvgIpc) is 3.06. The number of hydrogen-bond acceptors (Lipinski definition) is 4. The number of fused-ring (bicyclic) bond motifs is 3. The fourth-order valence-corrected chi connectivity index (χ4v) is 4.01. The van der Waals surface area contributed by atoms with Crippen LogP contribution in [0.1, 0.15) is 30.2 Å². The minimum Gasteiger partial charge on any atom is -0.479 e. The Bertz CT molecular complexity index is 1130. The Hall–Kier alpha value is -3.26. The molecule has 0 saturated carbocycles. The molecule has 7 nitrogen and oxygen atoms in total. The van der Waals surface area contributed by atoms with Crippen LogP contribution in [-0.4, -0.2) is 50.7 Å². The molecule has 0 radical (unpaired) electrons. The predicted octanol–water partition coefficient (Wildman–Crippen LogP) is 2.99. The first-order valence-corrected chi connectivity index (χ1v) is 10.3. The lowest BCUT2D eigenvalue weighted by Gasteiger charge is -2.29. The van der Waals surface area contributed by atoms with Gasteiger partial charge in [0.25, 0.3) is 0 Å². The maximum absolute atomic E-state index is 13.7. The smallest absolute Gasteiger partial charge is 0.332 e. The van der Waals surface area contributed by atoms with Crippen LogP contribution in [0.25, 0.3) is 11.0 Å². The van der Waals surface area contributed by atoms with Gasteiger partial charge in [-0.1, -0.05) is 12.1 Å². The number of aromatic nitrogens is 2. The van der Waals surface area contributed by atoms with Crippen LogP contribution in [0.15, 0.2) is 42.6 Å². The van der Waals surface area contributed by atoms with E-state index in [4.69, 9.17) is 9.84 Å². The van der Waals surface area contributed by atoms with E-state index < -0.39 is 12.1 Å². The Morgan fingerprint density at radius 1 is 1.29 bits per heavy atom. The number of carboxylic acid groups (broad SMARTS) is 1. The average molecular weight is 425 g/mol. The van der Waals surface area contributed by atoms with E-state index in [9.17, 15) is 14.0 Å². The molecular formula is C23H24FN3O4. The number of benzene rings is 1. The highest BCUT2D eigenvalue weighted by Crippen LogP contribution is 2.30. The van der Waals surface area contributed by atoms with Gasteiger partial charge in [0.1, 0.15) is 11.5 Å². The Balaban J connectivity index is 1.56. The summed E-state index contributed by atoms with van der Waals surface area (Å²) in [4.78, 5) is 29.9. The van der Waals surface area contributed by atoms with Gasteiger partial charge in [-0.3, -0.25) is 4.79 Å². The number of halogens is 1. The quantitative estimate of drug-likeness (QED) is 0.629. The van der Waals surface area contributed by atoms with Crippen molar-refractivity contribution in [2.75, 3.05) is 13.2 Å². The van der Waals surface area contributed by atoms with Crippen LogP contribution in [0.3, 0.4) is 0 Å². The summed E-state index contributed by atoms with van der Waals surface area (Å²) in [6.45, 7) is 2.96. The van der Waals surface area contributed by atoms with Gasteiger partial charge < -0.3 is 19.3 Å². The number of rotatable bonds is 7. The van der Waals surface area contributed by atoms with Crippen LogP contribution in [0.4, 0.5) is 4.39 Å². The maximum Gasteiger partial charge on any atom is 0.332 e. The summed E-state index contributed by atoms with van der Waals surface area (Å²) in [7, 11) is 0. The number of carbonyl (C=O) groups excluding carboxylic acids is 1. The van der Waals surface area contributed by atoms with Crippen molar-refractivity contribution < 1.29 is 23.8 Å². The standard InChI is InChI=1S/C23H24FN3O4/c1-15(23(29)30)31-11-8-21(28)26-10-7-18-19-6-3-9-25-22(19)27(20(18)14-26)13-16-4-2-5-17(24)12-16/h2-6,9,12,15H,7-8,10-11,13-14H2,1H3,(H,29,30). The number of hydrogen-bond donors (Lipinski definition) is 1. The molecule has 3 aromatic rings. The molecule has 0 saturated heterocycles. The lowest BCUT2D eigenvalue weighted by molar-refractivity contribution is -0.150. The summed E-state index contributed by atoms with van der Waals surface area (Å²) in [6.07, 6.45) is 1.61. The summed E-state index contributed by atoms with van der Waals surface area (Å²) >= 11 is 0. The summed E-state index contributed by atoms with van der Waals surface area (Å²) in [5.74, 6) is -1.42. The number of aliphatic carboxylic acids is 1. The third-order valence-corrected chi connectivity index (χ3v) is 5.63. The Kier molecular flexibility index (Phi) is 5.99. The summed E-state index contributed by atoms with van der Waals surface area (Å²) in [6, 6.07) is 10.4. The zero-order chi connectivity index (χ0) is 22.0. The molecule has 1 N–H and O–H groups in total. The van der Waals surface area contributed by atoms with E-state index in [2.05, 4.69) is 9.55 Å². The minimum atomic E-state index is -1.05. The van der Waals surface area contributed by atoms with E-state index in [0.717, 1.165) is 22.3 Å². The molecule has 4 rings (SSSR count). The van der Waals surface area contributed by atoms with E-state index in [-0.39, 0.29) is 24.8 Å². The van der Waals surface area contributed by atoms with Gasteiger partial charge in [0.15, 0.2) is 6.10 Å². The van der Waals surface area contributed by atoms with Crippen LogP contribution < -0.4 is 0 Å². The van der Waals surface area contributed by atoms with E-state index >= 15 is 0 Å².